The predicted molar refractivity (Wildman–Crippen MR) is 63.9 cm³/mol. The van der Waals surface area contributed by atoms with Crippen molar-refractivity contribution in [3.05, 3.63) is 36.5 Å². The monoisotopic (exact) mass is 205 g/mol. The van der Waals surface area contributed by atoms with Gasteiger partial charge in [0, 0.05) is 12.6 Å². The highest BCUT2D eigenvalue weighted by atomic mass is 16.1. The lowest BCUT2D eigenvalue weighted by molar-refractivity contribution is -0.111. The molecule has 0 unspecified atom stereocenters. The zero-order valence-corrected chi connectivity index (χ0v) is 8.76. The molecule has 0 heterocycles. The van der Waals surface area contributed by atoms with Crippen LogP contribution in [0.5, 0.6) is 0 Å². The number of nitrogens with two attached hydrogens (primary N) is 1. The largest absolute Gasteiger partial charge is 0.365 e. The Balaban J connectivity index is 4.07. The Bertz CT molecular complexity index is 325. The molecule has 0 aliphatic heterocycles. The van der Waals surface area contributed by atoms with E-state index in [1.807, 2.05) is 25.2 Å². The topological polar surface area (TPSA) is 67.8 Å². The van der Waals surface area contributed by atoms with E-state index < -0.39 is 5.91 Å². The zero-order chi connectivity index (χ0) is 11.5. The number of hydrogen-bond donors (Lipinski definition) is 1. The summed E-state index contributed by atoms with van der Waals surface area (Å²) in [5.74, 6) is -0.607. The van der Waals surface area contributed by atoms with E-state index in [0.717, 1.165) is 11.8 Å². The Morgan fingerprint density at radius 3 is 2.73 bits per heavy atom. The van der Waals surface area contributed by atoms with Gasteiger partial charge in [-0.05, 0) is 12.5 Å². The van der Waals surface area contributed by atoms with Gasteiger partial charge in [-0.15, -0.1) is 0 Å². The molecule has 4 nitrogen and oxygen atoms in total. The number of carbonyl (C=O) groups is 1. The summed E-state index contributed by atoms with van der Waals surface area (Å²) in [7, 11) is 0. The molecule has 0 saturated carbocycles. The minimum Gasteiger partial charge on any atom is -0.365 e. The van der Waals surface area contributed by atoms with Crippen LogP contribution in [0.25, 0.3) is 0 Å². The minimum atomic E-state index is -0.607. The van der Waals surface area contributed by atoms with Gasteiger partial charge >= 0.3 is 0 Å². The van der Waals surface area contributed by atoms with Crippen LogP contribution in [0.4, 0.5) is 0 Å². The van der Waals surface area contributed by atoms with Crippen LogP contribution in [0.1, 0.15) is 13.3 Å². The van der Waals surface area contributed by atoms with Gasteiger partial charge in [0.25, 0.3) is 5.91 Å². The quantitative estimate of drug-likeness (QED) is 0.399. The van der Waals surface area contributed by atoms with E-state index in [1.54, 1.807) is 12.3 Å². The first kappa shape index (κ1) is 13.0. The van der Waals surface area contributed by atoms with Crippen LogP contribution in [0.2, 0.25) is 0 Å². The molecule has 0 aromatic heterocycles. The van der Waals surface area contributed by atoms with Crippen LogP contribution in [-0.4, -0.2) is 18.3 Å². The maximum absolute atomic E-state index is 10.3. The maximum Gasteiger partial charge on any atom is 0.261 e. The van der Waals surface area contributed by atoms with Crippen LogP contribution in [-0.2, 0) is 4.79 Å². The first-order valence-electron chi connectivity index (χ1n) is 4.49. The van der Waals surface area contributed by atoms with Crippen molar-refractivity contribution in [2.45, 2.75) is 13.3 Å². The highest BCUT2D eigenvalue weighted by molar-refractivity contribution is 6.25. The number of amides is 1. The van der Waals surface area contributed by atoms with Gasteiger partial charge in [0.05, 0.1) is 0 Å². The van der Waals surface area contributed by atoms with Gasteiger partial charge in [0.2, 0.25) is 0 Å². The smallest absolute Gasteiger partial charge is 0.261 e. The Morgan fingerprint density at radius 1 is 1.47 bits per heavy atom. The molecule has 0 saturated heterocycles. The zero-order valence-electron chi connectivity index (χ0n) is 8.76. The summed E-state index contributed by atoms with van der Waals surface area (Å²) in [6, 6.07) is 0. The van der Waals surface area contributed by atoms with E-state index in [-0.39, 0.29) is 0 Å². The number of allylic oxidation sites excluding steroid dienone is 5. The standard InChI is InChI=1S/C11H15N3O/c1-3-5-6-10(4-2)7-8-13-14-9-11(12)15/h3-6,8-9H,1,7H2,2H3,(H2,12,15)/b6-5-,10-4+,13-8+,14-9+. The molecule has 15 heavy (non-hydrogen) atoms. The number of rotatable bonds is 6. The molecule has 1 amide bonds. The molecule has 80 valence electrons. The average Bonchev–Trinajstić information content (AvgIpc) is 2.21. The Hall–Kier alpha value is -1.97. The van der Waals surface area contributed by atoms with E-state index in [4.69, 9.17) is 5.73 Å². The summed E-state index contributed by atoms with van der Waals surface area (Å²) in [4.78, 5) is 10.3. The Labute approximate surface area is 89.6 Å². The van der Waals surface area contributed by atoms with Crippen molar-refractivity contribution in [2.75, 3.05) is 0 Å². The third kappa shape index (κ3) is 8.36. The lowest BCUT2D eigenvalue weighted by Gasteiger charge is -1.92. The van der Waals surface area contributed by atoms with Crippen LogP contribution < -0.4 is 5.73 Å². The molecule has 0 rings (SSSR count). The second-order valence-electron chi connectivity index (χ2n) is 2.61. The summed E-state index contributed by atoms with van der Waals surface area (Å²) >= 11 is 0. The fraction of sp³-hybridized carbons (Fsp3) is 0.182. The Kier molecular flexibility index (Phi) is 7.49. The lowest BCUT2D eigenvalue weighted by atomic mass is 10.2. The minimum absolute atomic E-state index is 0.607. The lowest BCUT2D eigenvalue weighted by Crippen LogP contribution is -2.10. The fourth-order valence-electron chi connectivity index (χ4n) is 0.757. The van der Waals surface area contributed by atoms with E-state index in [9.17, 15) is 4.79 Å². The van der Waals surface area contributed by atoms with Crippen LogP contribution in [0.15, 0.2) is 46.7 Å². The van der Waals surface area contributed by atoms with Crippen molar-refractivity contribution >= 4 is 18.3 Å². The number of carbonyl (C=O) groups excluding carboxylic acids is 1. The van der Waals surface area contributed by atoms with Crippen LogP contribution in [0, 0.1) is 0 Å². The van der Waals surface area contributed by atoms with Crippen molar-refractivity contribution in [3.8, 4) is 0 Å². The molecule has 0 aliphatic carbocycles. The average molecular weight is 205 g/mol. The van der Waals surface area contributed by atoms with Crippen LogP contribution in [0.3, 0.4) is 0 Å². The summed E-state index contributed by atoms with van der Waals surface area (Å²) in [6.45, 7) is 5.51. The first-order chi connectivity index (χ1) is 7.20. The maximum atomic E-state index is 10.3. The number of nitrogens with zero attached hydrogens (tertiary/aromatic N) is 2. The molecule has 4 heteroatoms. The van der Waals surface area contributed by atoms with Crippen molar-refractivity contribution in [1.29, 1.82) is 0 Å². The van der Waals surface area contributed by atoms with Gasteiger partial charge in [0.1, 0.15) is 6.21 Å². The fourth-order valence-corrected chi connectivity index (χ4v) is 0.757. The normalized spacial score (nSPS) is 13.0. The van der Waals surface area contributed by atoms with E-state index in [0.29, 0.717) is 6.42 Å². The van der Waals surface area contributed by atoms with Gasteiger partial charge < -0.3 is 5.73 Å². The molecule has 0 fully saturated rings. The van der Waals surface area contributed by atoms with Crippen molar-refractivity contribution < 1.29 is 4.79 Å². The molecular formula is C11H15N3O. The molecule has 2 N–H and O–H groups in total. The molecule has 0 aromatic rings. The van der Waals surface area contributed by atoms with Crippen molar-refractivity contribution in [1.82, 2.24) is 0 Å². The predicted octanol–water partition coefficient (Wildman–Crippen LogP) is 1.61. The number of primary amides is 1. The van der Waals surface area contributed by atoms with E-state index >= 15 is 0 Å². The molecule has 0 bridgehead atoms. The summed E-state index contributed by atoms with van der Waals surface area (Å²) in [5.41, 5.74) is 5.92. The molecule has 0 atom stereocenters. The van der Waals surface area contributed by atoms with Crippen molar-refractivity contribution in [3.63, 3.8) is 0 Å². The summed E-state index contributed by atoms with van der Waals surface area (Å²) in [5, 5.41) is 7.11. The Morgan fingerprint density at radius 2 is 2.20 bits per heavy atom. The highest BCUT2D eigenvalue weighted by Gasteiger charge is 1.86. The van der Waals surface area contributed by atoms with Crippen LogP contribution >= 0.6 is 0 Å². The van der Waals surface area contributed by atoms with Gasteiger partial charge in [-0.3, -0.25) is 4.79 Å². The van der Waals surface area contributed by atoms with Crippen molar-refractivity contribution in [2.24, 2.45) is 15.9 Å². The third-order valence-corrected chi connectivity index (χ3v) is 1.48. The summed E-state index contributed by atoms with van der Waals surface area (Å²) < 4.78 is 0. The molecule has 0 spiro atoms. The number of hydrogen-bond acceptors (Lipinski definition) is 3. The SMILES string of the molecule is C=C/C=C\C(=C/C)C/C=N/N=C/C(N)=O. The summed E-state index contributed by atoms with van der Waals surface area (Å²) in [6.07, 6.45) is 10.6. The molecular weight excluding hydrogens is 190 g/mol. The first-order valence-corrected chi connectivity index (χ1v) is 4.49. The van der Waals surface area contributed by atoms with Gasteiger partial charge in [-0.1, -0.05) is 30.9 Å². The van der Waals surface area contributed by atoms with Gasteiger partial charge in [-0.2, -0.15) is 10.2 Å². The van der Waals surface area contributed by atoms with E-state index in [1.165, 1.54) is 0 Å². The second-order valence-corrected chi connectivity index (χ2v) is 2.61. The second kappa shape index (κ2) is 8.62. The van der Waals surface area contributed by atoms with Gasteiger partial charge in [0.15, 0.2) is 0 Å². The molecule has 0 radical (unpaired) electrons. The molecule has 0 aliphatic rings. The molecule has 0 aromatic carbocycles. The van der Waals surface area contributed by atoms with E-state index in [2.05, 4.69) is 16.8 Å². The van der Waals surface area contributed by atoms with Gasteiger partial charge in [-0.25, -0.2) is 0 Å². The third-order valence-electron chi connectivity index (χ3n) is 1.48. The highest BCUT2D eigenvalue weighted by Crippen LogP contribution is 2.00.